The second-order valence-electron chi connectivity index (χ2n) is 6.32. The molecule has 0 spiro atoms. The van der Waals surface area contributed by atoms with Crippen molar-refractivity contribution in [2.24, 2.45) is 5.92 Å². The monoisotopic (exact) mass is 295 g/mol. The number of likely N-dealkylation sites (tertiary alicyclic amines) is 1. The lowest BCUT2D eigenvalue weighted by molar-refractivity contribution is 0.0821. The van der Waals surface area contributed by atoms with E-state index in [-0.39, 0.29) is 5.91 Å². The van der Waals surface area contributed by atoms with E-state index in [1.807, 2.05) is 0 Å². The third-order valence-electron chi connectivity index (χ3n) is 4.29. The average Bonchev–Trinajstić information content (AvgIpc) is 2.96. The summed E-state index contributed by atoms with van der Waals surface area (Å²) in [4.78, 5) is 20.0. The summed E-state index contributed by atoms with van der Waals surface area (Å²) >= 11 is 0. The van der Waals surface area contributed by atoms with E-state index in [9.17, 15) is 4.79 Å². The third-order valence-corrected chi connectivity index (χ3v) is 4.29. The maximum atomic E-state index is 12.1. The summed E-state index contributed by atoms with van der Waals surface area (Å²) in [6, 6.07) is 5.26. The van der Waals surface area contributed by atoms with Crippen molar-refractivity contribution in [1.82, 2.24) is 14.8 Å². The Morgan fingerprint density at radius 2 is 2.18 bits per heavy atom. The molecule has 1 aliphatic rings. The van der Waals surface area contributed by atoms with Crippen molar-refractivity contribution in [2.75, 3.05) is 27.2 Å². The first kappa shape index (κ1) is 17.1. The Labute approximate surface area is 136 Å². The molecule has 0 N–H and O–H groups in total. The maximum Gasteiger partial charge on any atom is 0.271 e. The highest BCUT2D eigenvalue weighted by molar-refractivity contribution is 6.39. The lowest BCUT2D eigenvalue weighted by atomic mass is 9.58. The summed E-state index contributed by atoms with van der Waals surface area (Å²) < 4.78 is 0. The molecule has 2 rings (SSSR count). The molecule has 2 heterocycles. The smallest absolute Gasteiger partial charge is 0.271 e. The summed E-state index contributed by atoms with van der Waals surface area (Å²) in [5.41, 5.74) is 0.907. The zero-order valence-corrected chi connectivity index (χ0v) is 13.7. The Kier molecular flexibility index (Phi) is 5.32. The number of hydrogen-bond acceptors (Lipinski definition) is 3. The van der Waals surface area contributed by atoms with E-state index >= 15 is 0 Å². The molecular weight excluding hydrogens is 272 g/mol. The molecule has 22 heavy (non-hydrogen) atoms. The van der Waals surface area contributed by atoms with Crippen LogP contribution in [0.1, 0.15) is 42.4 Å². The summed E-state index contributed by atoms with van der Waals surface area (Å²) in [5.74, 6) is 0.492. The molecule has 1 atom stereocenters. The van der Waals surface area contributed by atoms with Crippen molar-refractivity contribution in [3.05, 3.63) is 29.6 Å². The van der Waals surface area contributed by atoms with E-state index in [4.69, 9.17) is 15.7 Å². The van der Waals surface area contributed by atoms with Crippen molar-refractivity contribution >= 4 is 21.6 Å². The molecule has 114 valence electrons. The second-order valence-corrected chi connectivity index (χ2v) is 6.32. The Hall–Kier alpha value is -1.29. The molecule has 1 aromatic heterocycles. The Balaban J connectivity index is 2.19. The third kappa shape index (κ3) is 3.54. The van der Waals surface area contributed by atoms with Gasteiger partial charge in [0.2, 0.25) is 0 Å². The highest BCUT2D eigenvalue weighted by atomic mass is 16.2. The van der Waals surface area contributed by atoms with Crippen LogP contribution in [0, 0.1) is 5.92 Å². The highest BCUT2D eigenvalue weighted by Gasteiger charge is 2.34. The predicted molar refractivity (Wildman–Crippen MR) is 90.0 cm³/mol. The zero-order chi connectivity index (χ0) is 16.3. The van der Waals surface area contributed by atoms with Gasteiger partial charge in [-0.05, 0) is 42.8 Å². The van der Waals surface area contributed by atoms with Crippen LogP contribution < -0.4 is 0 Å². The standard InChI is InChI=1S/C16H23B2N3O/c1-4-6-12-9-10-21(11-12)16(17,18)14-8-5-7-13(19-14)15(22)20(2)3/h5,7-8,12H,4,6,9-11H2,1-3H3. The van der Waals surface area contributed by atoms with Gasteiger partial charge in [0.25, 0.3) is 5.91 Å². The summed E-state index contributed by atoms with van der Waals surface area (Å²) in [7, 11) is 16.1. The molecule has 1 unspecified atom stereocenters. The van der Waals surface area contributed by atoms with Gasteiger partial charge in [0.1, 0.15) is 5.69 Å². The highest BCUT2D eigenvalue weighted by Crippen LogP contribution is 2.29. The van der Waals surface area contributed by atoms with Crippen LogP contribution in [0.15, 0.2) is 18.2 Å². The predicted octanol–water partition coefficient (Wildman–Crippen LogP) is 1.35. The lowest BCUT2D eigenvalue weighted by Crippen LogP contribution is -2.47. The molecule has 1 aliphatic heterocycles. The summed E-state index contributed by atoms with van der Waals surface area (Å²) in [6.07, 6.45) is 3.48. The van der Waals surface area contributed by atoms with E-state index in [1.54, 1.807) is 32.3 Å². The van der Waals surface area contributed by atoms with Crippen LogP contribution in [0.3, 0.4) is 0 Å². The number of nitrogens with zero attached hydrogens (tertiary/aromatic N) is 3. The minimum atomic E-state index is -1.13. The van der Waals surface area contributed by atoms with Crippen molar-refractivity contribution in [2.45, 2.75) is 31.5 Å². The van der Waals surface area contributed by atoms with Crippen molar-refractivity contribution < 1.29 is 4.79 Å². The fourth-order valence-electron chi connectivity index (χ4n) is 2.98. The van der Waals surface area contributed by atoms with E-state index < -0.39 is 5.34 Å². The normalized spacial score (nSPS) is 19.3. The van der Waals surface area contributed by atoms with E-state index in [1.165, 1.54) is 17.7 Å². The number of rotatable bonds is 5. The van der Waals surface area contributed by atoms with Gasteiger partial charge in [-0.3, -0.25) is 4.79 Å². The average molecular weight is 295 g/mol. The quantitative estimate of drug-likeness (QED) is 0.769. The van der Waals surface area contributed by atoms with Crippen molar-refractivity contribution in [3.8, 4) is 0 Å². The van der Waals surface area contributed by atoms with Crippen LogP contribution >= 0.6 is 0 Å². The minimum Gasteiger partial charge on any atom is -0.343 e. The maximum absolute atomic E-state index is 12.1. The van der Waals surface area contributed by atoms with Gasteiger partial charge in [0.05, 0.1) is 15.7 Å². The van der Waals surface area contributed by atoms with E-state index in [2.05, 4.69) is 16.8 Å². The van der Waals surface area contributed by atoms with Crippen molar-refractivity contribution in [1.29, 1.82) is 0 Å². The number of aromatic nitrogens is 1. The molecule has 6 heteroatoms. The molecule has 0 aliphatic carbocycles. The van der Waals surface area contributed by atoms with Gasteiger partial charge in [-0.2, -0.15) is 0 Å². The lowest BCUT2D eigenvalue weighted by Gasteiger charge is -2.37. The van der Waals surface area contributed by atoms with E-state index in [0.717, 1.165) is 19.5 Å². The van der Waals surface area contributed by atoms with Gasteiger partial charge in [-0.1, -0.05) is 19.4 Å². The van der Waals surface area contributed by atoms with Crippen LogP contribution in [0.5, 0.6) is 0 Å². The topological polar surface area (TPSA) is 36.4 Å². The van der Waals surface area contributed by atoms with Gasteiger partial charge in [0.15, 0.2) is 0 Å². The molecule has 0 aromatic carbocycles. The van der Waals surface area contributed by atoms with Crippen LogP contribution in [-0.4, -0.2) is 63.6 Å². The van der Waals surface area contributed by atoms with Crippen LogP contribution in [-0.2, 0) is 5.34 Å². The Morgan fingerprint density at radius 1 is 1.45 bits per heavy atom. The largest absolute Gasteiger partial charge is 0.343 e. The van der Waals surface area contributed by atoms with Gasteiger partial charge < -0.3 is 9.80 Å². The fourth-order valence-corrected chi connectivity index (χ4v) is 2.98. The van der Waals surface area contributed by atoms with E-state index in [0.29, 0.717) is 17.3 Å². The molecule has 1 aromatic rings. The van der Waals surface area contributed by atoms with Gasteiger partial charge in [-0.15, -0.1) is 0 Å². The zero-order valence-electron chi connectivity index (χ0n) is 13.7. The Morgan fingerprint density at radius 3 is 2.82 bits per heavy atom. The number of pyridine rings is 1. The number of amides is 1. The first-order chi connectivity index (χ1) is 10.4. The van der Waals surface area contributed by atoms with Gasteiger partial charge in [-0.25, -0.2) is 4.98 Å². The van der Waals surface area contributed by atoms with Crippen LogP contribution in [0.25, 0.3) is 0 Å². The molecule has 0 saturated carbocycles. The van der Waals surface area contributed by atoms with Crippen LogP contribution in [0.4, 0.5) is 0 Å². The number of carbonyl (C=O) groups is 1. The SMILES string of the molecule is [B]C([B])(c1cccc(C(=O)N(C)C)n1)N1CCC(CCC)C1. The first-order valence-corrected chi connectivity index (χ1v) is 7.88. The molecule has 4 radical (unpaired) electrons. The molecule has 0 bridgehead atoms. The fraction of sp³-hybridized carbons (Fsp3) is 0.625. The molecule has 1 saturated heterocycles. The van der Waals surface area contributed by atoms with Crippen molar-refractivity contribution in [3.63, 3.8) is 0 Å². The second kappa shape index (κ2) is 6.86. The summed E-state index contributed by atoms with van der Waals surface area (Å²) in [5, 5.41) is -1.13. The number of hydrogen-bond donors (Lipinski definition) is 0. The minimum absolute atomic E-state index is 0.150. The summed E-state index contributed by atoms with van der Waals surface area (Å²) in [6.45, 7) is 3.94. The van der Waals surface area contributed by atoms with Crippen LogP contribution in [0.2, 0.25) is 0 Å². The molecule has 1 fully saturated rings. The van der Waals surface area contributed by atoms with Gasteiger partial charge in [0, 0.05) is 26.3 Å². The molecule has 4 nitrogen and oxygen atoms in total. The number of carbonyl (C=O) groups excluding carboxylic acids is 1. The Bertz CT molecular complexity index is 534. The molecular formula is C16H23B2N3O. The van der Waals surface area contributed by atoms with Gasteiger partial charge >= 0.3 is 0 Å². The molecule has 1 amide bonds. The first-order valence-electron chi connectivity index (χ1n) is 7.88.